The molecule has 1 aliphatic rings. The molecular weight excluding hydrogens is 258 g/mol. The number of carbonyl (C=O) groups excluding carboxylic acids is 1. The summed E-state index contributed by atoms with van der Waals surface area (Å²) in [6, 6.07) is 0. The summed E-state index contributed by atoms with van der Waals surface area (Å²) < 4.78 is 0. The number of aromatic nitrogens is 2. The van der Waals surface area contributed by atoms with E-state index in [1.165, 1.54) is 0 Å². The maximum absolute atomic E-state index is 11.4. The van der Waals surface area contributed by atoms with E-state index in [9.17, 15) is 9.59 Å². The molecule has 1 atom stereocenters. The molecule has 6 heteroatoms. The van der Waals surface area contributed by atoms with Crippen LogP contribution in [-0.2, 0) is 16.0 Å². The zero-order valence-electron chi connectivity index (χ0n) is 11.6. The molecule has 1 saturated heterocycles. The fourth-order valence-electron chi connectivity index (χ4n) is 2.48. The Morgan fingerprint density at radius 3 is 2.95 bits per heavy atom. The van der Waals surface area contributed by atoms with Crippen molar-refractivity contribution < 1.29 is 14.7 Å². The van der Waals surface area contributed by atoms with Crippen LogP contribution in [0.4, 0.5) is 0 Å². The molecule has 20 heavy (non-hydrogen) atoms. The minimum Gasteiger partial charge on any atom is -0.481 e. The standard InChI is InChI=1S/C14H19N3O3/c1-10(18)17-6-2-3-11(9-17)13-8-15-7-12(16-13)4-5-14(19)20/h7-8,11H,2-6,9H2,1H3,(H,19,20)/t11-/m1/s1. The van der Waals surface area contributed by atoms with E-state index in [0.717, 1.165) is 25.1 Å². The van der Waals surface area contributed by atoms with Crippen LogP contribution in [0.2, 0.25) is 0 Å². The number of likely N-dealkylation sites (tertiary alicyclic amines) is 1. The van der Waals surface area contributed by atoms with Crippen LogP contribution in [0.5, 0.6) is 0 Å². The third kappa shape index (κ3) is 3.76. The number of hydrogen-bond donors (Lipinski definition) is 1. The van der Waals surface area contributed by atoms with Crippen LogP contribution >= 0.6 is 0 Å². The summed E-state index contributed by atoms with van der Waals surface area (Å²) >= 11 is 0. The minimum absolute atomic E-state index is 0.0579. The number of hydrogen-bond acceptors (Lipinski definition) is 4. The Bertz CT molecular complexity index is 504. The van der Waals surface area contributed by atoms with Crippen molar-refractivity contribution in [1.29, 1.82) is 0 Å². The summed E-state index contributed by atoms with van der Waals surface area (Å²) in [5.41, 5.74) is 1.56. The molecule has 1 aromatic rings. The van der Waals surface area contributed by atoms with Crippen LogP contribution < -0.4 is 0 Å². The average Bonchev–Trinajstić information content (AvgIpc) is 2.45. The van der Waals surface area contributed by atoms with E-state index in [1.807, 2.05) is 4.90 Å². The SMILES string of the molecule is CC(=O)N1CCC[C@@H](c2cncc(CCC(=O)O)n2)C1. The van der Waals surface area contributed by atoms with Gasteiger partial charge >= 0.3 is 5.97 Å². The lowest BCUT2D eigenvalue weighted by Crippen LogP contribution is -2.37. The van der Waals surface area contributed by atoms with Crippen LogP contribution in [0.1, 0.15) is 43.5 Å². The first-order chi connectivity index (χ1) is 9.56. The lowest BCUT2D eigenvalue weighted by Gasteiger charge is -2.31. The molecule has 0 spiro atoms. The first-order valence-electron chi connectivity index (χ1n) is 6.84. The Labute approximate surface area is 117 Å². The van der Waals surface area contributed by atoms with E-state index in [4.69, 9.17) is 5.11 Å². The highest BCUT2D eigenvalue weighted by molar-refractivity contribution is 5.73. The van der Waals surface area contributed by atoms with Gasteiger partial charge in [-0.3, -0.25) is 19.6 Å². The van der Waals surface area contributed by atoms with Crippen LogP contribution in [0, 0.1) is 0 Å². The van der Waals surface area contributed by atoms with Crippen molar-refractivity contribution in [2.24, 2.45) is 0 Å². The molecule has 2 rings (SSSR count). The Kier molecular flexibility index (Phi) is 4.65. The molecule has 1 N–H and O–H groups in total. The Morgan fingerprint density at radius 1 is 1.45 bits per heavy atom. The number of carboxylic acids is 1. The van der Waals surface area contributed by atoms with E-state index < -0.39 is 5.97 Å². The number of carboxylic acid groups (broad SMARTS) is 1. The van der Waals surface area contributed by atoms with Crippen molar-refractivity contribution in [1.82, 2.24) is 14.9 Å². The first-order valence-corrected chi connectivity index (χ1v) is 6.84. The number of aryl methyl sites for hydroxylation is 1. The molecule has 0 radical (unpaired) electrons. The Hall–Kier alpha value is -1.98. The van der Waals surface area contributed by atoms with Crippen molar-refractivity contribution in [3.63, 3.8) is 0 Å². The molecular formula is C14H19N3O3. The highest BCUT2D eigenvalue weighted by atomic mass is 16.4. The molecule has 6 nitrogen and oxygen atoms in total. The van der Waals surface area contributed by atoms with Crippen LogP contribution in [0.3, 0.4) is 0 Å². The van der Waals surface area contributed by atoms with Gasteiger partial charge in [-0.25, -0.2) is 0 Å². The number of rotatable bonds is 4. The van der Waals surface area contributed by atoms with Gasteiger partial charge in [0, 0.05) is 44.7 Å². The maximum atomic E-state index is 11.4. The lowest BCUT2D eigenvalue weighted by atomic mass is 9.95. The van der Waals surface area contributed by atoms with Crippen LogP contribution in [-0.4, -0.2) is 44.9 Å². The second kappa shape index (κ2) is 6.45. The average molecular weight is 277 g/mol. The number of amides is 1. The molecule has 1 aliphatic heterocycles. The topological polar surface area (TPSA) is 83.4 Å². The summed E-state index contributed by atoms with van der Waals surface area (Å²) in [6.45, 7) is 3.06. The van der Waals surface area contributed by atoms with Crippen molar-refractivity contribution in [2.45, 2.75) is 38.5 Å². The van der Waals surface area contributed by atoms with Gasteiger partial charge in [0.05, 0.1) is 17.8 Å². The predicted molar refractivity (Wildman–Crippen MR) is 72.2 cm³/mol. The summed E-state index contributed by atoms with van der Waals surface area (Å²) in [5.74, 6) is -0.549. The third-order valence-electron chi connectivity index (χ3n) is 3.58. The Morgan fingerprint density at radius 2 is 2.25 bits per heavy atom. The van der Waals surface area contributed by atoms with Gasteiger partial charge in [-0.2, -0.15) is 0 Å². The van der Waals surface area contributed by atoms with Crippen LogP contribution in [0.15, 0.2) is 12.4 Å². The lowest BCUT2D eigenvalue weighted by molar-refractivity contribution is -0.137. The summed E-state index contributed by atoms with van der Waals surface area (Å²) in [4.78, 5) is 32.5. The number of nitrogens with zero attached hydrogens (tertiary/aromatic N) is 3. The molecule has 0 saturated carbocycles. The smallest absolute Gasteiger partial charge is 0.303 e. The molecule has 1 aromatic heterocycles. The van der Waals surface area contributed by atoms with Gasteiger partial charge in [-0.1, -0.05) is 0 Å². The van der Waals surface area contributed by atoms with Crippen molar-refractivity contribution in [2.75, 3.05) is 13.1 Å². The molecule has 0 aromatic carbocycles. The van der Waals surface area contributed by atoms with E-state index in [1.54, 1.807) is 19.3 Å². The van der Waals surface area contributed by atoms with Gasteiger partial charge < -0.3 is 10.0 Å². The van der Waals surface area contributed by atoms with Crippen molar-refractivity contribution >= 4 is 11.9 Å². The molecule has 0 aliphatic carbocycles. The normalized spacial score (nSPS) is 18.9. The third-order valence-corrected chi connectivity index (χ3v) is 3.58. The minimum atomic E-state index is -0.836. The second-order valence-electron chi connectivity index (χ2n) is 5.13. The monoisotopic (exact) mass is 277 g/mol. The molecule has 0 bridgehead atoms. The number of aliphatic carboxylic acids is 1. The zero-order chi connectivity index (χ0) is 14.5. The van der Waals surface area contributed by atoms with E-state index in [2.05, 4.69) is 9.97 Å². The van der Waals surface area contributed by atoms with E-state index in [-0.39, 0.29) is 18.2 Å². The summed E-state index contributed by atoms with van der Waals surface area (Å²) in [5, 5.41) is 8.70. The molecule has 0 unspecified atom stereocenters. The van der Waals surface area contributed by atoms with Gasteiger partial charge in [0.25, 0.3) is 0 Å². The molecule has 1 amide bonds. The molecule has 2 heterocycles. The van der Waals surface area contributed by atoms with Crippen molar-refractivity contribution in [3.05, 3.63) is 23.8 Å². The van der Waals surface area contributed by atoms with Gasteiger partial charge in [0.1, 0.15) is 0 Å². The van der Waals surface area contributed by atoms with E-state index in [0.29, 0.717) is 18.7 Å². The predicted octanol–water partition coefficient (Wildman–Crippen LogP) is 1.22. The highest BCUT2D eigenvalue weighted by Gasteiger charge is 2.24. The summed E-state index contributed by atoms with van der Waals surface area (Å²) in [6.07, 6.45) is 5.73. The van der Waals surface area contributed by atoms with Gasteiger partial charge in [0.15, 0.2) is 0 Å². The quantitative estimate of drug-likeness (QED) is 0.894. The van der Waals surface area contributed by atoms with E-state index >= 15 is 0 Å². The Balaban J connectivity index is 2.06. The van der Waals surface area contributed by atoms with Gasteiger partial charge in [0.2, 0.25) is 5.91 Å². The van der Waals surface area contributed by atoms with Crippen LogP contribution in [0.25, 0.3) is 0 Å². The van der Waals surface area contributed by atoms with Gasteiger partial charge in [-0.05, 0) is 12.8 Å². The number of piperidine rings is 1. The van der Waals surface area contributed by atoms with Crippen molar-refractivity contribution in [3.8, 4) is 0 Å². The fourth-order valence-corrected chi connectivity index (χ4v) is 2.48. The number of carbonyl (C=O) groups is 2. The van der Waals surface area contributed by atoms with Gasteiger partial charge in [-0.15, -0.1) is 0 Å². The molecule has 1 fully saturated rings. The first kappa shape index (κ1) is 14.4. The molecule has 108 valence electrons. The summed E-state index contributed by atoms with van der Waals surface area (Å²) in [7, 11) is 0. The second-order valence-corrected chi connectivity index (χ2v) is 5.13. The highest BCUT2D eigenvalue weighted by Crippen LogP contribution is 2.25. The maximum Gasteiger partial charge on any atom is 0.303 e. The fraction of sp³-hybridized carbons (Fsp3) is 0.571. The largest absolute Gasteiger partial charge is 0.481 e. The zero-order valence-corrected chi connectivity index (χ0v) is 11.6.